The summed E-state index contributed by atoms with van der Waals surface area (Å²) in [4.78, 5) is 22.7. The Morgan fingerprint density at radius 3 is 2.51 bits per heavy atom. The summed E-state index contributed by atoms with van der Waals surface area (Å²) in [7, 11) is 0. The number of pyridine rings is 3. The second kappa shape index (κ2) is 11.5. The van der Waals surface area contributed by atoms with E-state index in [1.165, 1.54) is 23.9 Å². The van der Waals surface area contributed by atoms with E-state index < -0.39 is 5.82 Å². The number of aliphatic imine (C=N–C) groups is 2. The highest BCUT2D eigenvalue weighted by Crippen LogP contribution is 2.34. The molecule has 3 aromatic heterocycles. The fraction of sp³-hybridized carbons (Fsp3) is 0.121. The van der Waals surface area contributed by atoms with E-state index in [0.29, 0.717) is 53.8 Å². The van der Waals surface area contributed by atoms with Gasteiger partial charge in [-0.25, -0.2) is 13.8 Å². The lowest BCUT2D eigenvalue weighted by Gasteiger charge is -2.25. The molecule has 43 heavy (non-hydrogen) atoms. The highest BCUT2D eigenvalue weighted by Gasteiger charge is 2.29. The number of halogens is 2. The van der Waals surface area contributed by atoms with Crippen molar-refractivity contribution in [2.75, 3.05) is 17.3 Å². The molecule has 2 aliphatic heterocycles. The molecule has 212 valence electrons. The van der Waals surface area contributed by atoms with E-state index in [1.54, 1.807) is 30.7 Å². The van der Waals surface area contributed by atoms with Gasteiger partial charge < -0.3 is 16.0 Å². The minimum absolute atomic E-state index is 0.239. The van der Waals surface area contributed by atoms with E-state index in [1.807, 2.05) is 30.3 Å². The van der Waals surface area contributed by atoms with Crippen molar-refractivity contribution in [2.24, 2.45) is 9.98 Å². The molecule has 10 heteroatoms. The zero-order valence-corrected chi connectivity index (χ0v) is 23.0. The van der Waals surface area contributed by atoms with Crippen LogP contribution in [0, 0.1) is 11.6 Å². The van der Waals surface area contributed by atoms with Gasteiger partial charge >= 0.3 is 0 Å². The molecule has 0 amide bonds. The summed E-state index contributed by atoms with van der Waals surface area (Å²) in [6, 6.07) is 20.1. The Balaban J connectivity index is 1.16. The normalized spacial score (nSPS) is 13.6. The molecule has 7 rings (SSSR count). The highest BCUT2D eigenvalue weighted by molar-refractivity contribution is 6.52. The molecule has 0 saturated heterocycles. The van der Waals surface area contributed by atoms with E-state index in [4.69, 9.17) is 4.99 Å². The zero-order valence-electron chi connectivity index (χ0n) is 23.0. The number of hydrogen-bond donors (Lipinski definition) is 3. The van der Waals surface area contributed by atoms with E-state index in [0.717, 1.165) is 22.4 Å². The summed E-state index contributed by atoms with van der Waals surface area (Å²) in [5.74, 6) is 0.0780. The Morgan fingerprint density at radius 2 is 1.65 bits per heavy atom. The highest BCUT2D eigenvalue weighted by atomic mass is 19.1. The molecule has 0 atom stereocenters. The molecule has 5 aromatic rings. The van der Waals surface area contributed by atoms with Gasteiger partial charge in [0.2, 0.25) is 0 Å². The molecule has 0 aliphatic carbocycles. The van der Waals surface area contributed by atoms with Gasteiger partial charge in [0.25, 0.3) is 0 Å². The van der Waals surface area contributed by atoms with Crippen molar-refractivity contribution in [1.82, 2.24) is 20.3 Å². The summed E-state index contributed by atoms with van der Waals surface area (Å²) >= 11 is 0. The molecule has 0 radical (unpaired) electrons. The number of anilines is 2. The van der Waals surface area contributed by atoms with Gasteiger partial charge in [0.15, 0.2) is 5.84 Å². The lowest BCUT2D eigenvalue weighted by molar-refractivity contribution is 0.626. The second-order valence-electron chi connectivity index (χ2n) is 10.2. The van der Waals surface area contributed by atoms with Crippen LogP contribution in [0.15, 0.2) is 102 Å². The van der Waals surface area contributed by atoms with Gasteiger partial charge in [-0.2, -0.15) is 0 Å². The quantitative estimate of drug-likeness (QED) is 0.222. The van der Waals surface area contributed by atoms with Crippen LogP contribution in [-0.2, 0) is 19.6 Å². The van der Waals surface area contributed by atoms with Crippen LogP contribution < -0.4 is 16.0 Å². The standard InChI is InChI=1S/C33H26F2N8/c34-24-8-6-22(7-9-24)30-26-18-40-33(43-27(26)10-11-38-30)31-28-29(35)25(17-39-32(28)42-19-41-31)23-12-21(15-37-16-23)14-36-13-20-4-2-1-3-5-20/h1-12,15-17,36H,13-14,18-19H2,(H,39,42)(H,40,43). The van der Waals surface area contributed by atoms with Crippen LogP contribution in [0.5, 0.6) is 0 Å². The van der Waals surface area contributed by atoms with Crippen LogP contribution in [0.3, 0.4) is 0 Å². The van der Waals surface area contributed by atoms with Crippen molar-refractivity contribution >= 4 is 23.1 Å². The number of hydrogen-bond acceptors (Lipinski definition) is 8. The van der Waals surface area contributed by atoms with Crippen LogP contribution in [-0.4, -0.2) is 33.2 Å². The van der Waals surface area contributed by atoms with Gasteiger partial charge in [-0.1, -0.05) is 30.3 Å². The molecule has 0 fully saturated rings. The van der Waals surface area contributed by atoms with E-state index >= 15 is 4.39 Å². The monoisotopic (exact) mass is 572 g/mol. The first-order valence-corrected chi connectivity index (χ1v) is 13.9. The first-order valence-electron chi connectivity index (χ1n) is 13.9. The number of nitrogens with zero attached hydrogens (tertiary/aromatic N) is 5. The number of fused-ring (bicyclic) bond motifs is 2. The van der Waals surface area contributed by atoms with Crippen LogP contribution in [0.1, 0.15) is 22.3 Å². The predicted molar refractivity (Wildman–Crippen MR) is 164 cm³/mol. The van der Waals surface area contributed by atoms with Crippen molar-refractivity contribution in [1.29, 1.82) is 0 Å². The maximum Gasteiger partial charge on any atom is 0.152 e. The Morgan fingerprint density at radius 1 is 0.814 bits per heavy atom. The number of nitrogens with one attached hydrogen (secondary N) is 3. The maximum atomic E-state index is 16.3. The van der Waals surface area contributed by atoms with E-state index in [2.05, 4.69) is 48.0 Å². The van der Waals surface area contributed by atoms with Crippen LogP contribution in [0.4, 0.5) is 20.3 Å². The predicted octanol–water partition coefficient (Wildman–Crippen LogP) is 5.97. The average Bonchev–Trinajstić information content (AvgIpc) is 3.05. The minimum atomic E-state index is -0.454. The zero-order chi connectivity index (χ0) is 29.2. The summed E-state index contributed by atoms with van der Waals surface area (Å²) in [5.41, 5.74) is 6.84. The topological polar surface area (TPSA) is 99.5 Å². The SMILES string of the molecule is Fc1ccc(-c2nccc3c2CN=C(C2=NCNc4ncc(-c5cncc(CNCc6ccccc6)c5)c(F)c42)N3)cc1. The second-order valence-corrected chi connectivity index (χ2v) is 10.2. The largest absolute Gasteiger partial charge is 0.350 e. The van der Waals surface area contributed by atoms with Crippen molar-refractivity contribution in [3.05, 3.63) is 125 Å². The van der Waals surface area contributed by atoms with E-state index in [9.17, 15) is 4.39 Å². The van der Waals surface area contributed by atoms with Crippen molar-refractivity contribution in [2.45, 2.75) is 19.6 Å². The first-order chi connectivity index (χ1) is 21.1. The van der Waals surface area contributed by atoms with Crippen molar-refractivity contribution < 1.29 is 8.78 Å². The first kappa shape index (κ1) is 26.5. The third-order valence-electron chi connectivity index (χ3n) is 7.39. The Labute approximate surface area is 246 Å². The lowest BCUT2D eigenvalue weighted by atomic mass is 9.99. The molecular formula is C33H26F2N8. The molecule has 0 unspecified atom stereocenters. The molecule has 3 N–H and O–H groups in total. The maximum absolute atomic E-state index is 16.3. The molecule has 2 aliphatic rings. The van der Waals surface area contributed by atoms with Gasteiger partial charge in [-0.15, -0.1) is 0 Å². The third-order valence-corrected chi connectivity index (χ3v) is 7.39. The van der Waals surface area contributed by atoms with Crippen molar-refractivity contribution in [3.8, 4) is 22.4 Å². The summed E-state index contributed by atoms with van der Waals surface area (Å²) < 4.78 is 29.8. The molecular weight excluding hydrogens is 546 g/mol. The van der Waals surface area contributed by atoms with Crippen molar-refractivity contribution in [3.63, 3.8) is 0 Å². The van der Waals surface area contributed by atoms with Crippen LogP contribution in [0.2, 0.25) is 0 Å². The van der Waals surface area contributed by atoms with Gasteiger partial charge in [-0.3, -0.25) is 20.0 Å². The minimum Gasteiger partial charge on any atom is -0.350 e. The Kier molecular flexibility index (Phi) is 7.10. The molecule has 0 bridgehead atoms. The fourth-order valence-electron chi connectivity index (χ4n) is 5.27. The summed E-state index contributed by atoms with van der Waals surface area (Å²) in [6.45, 7) is 1.84. The summed E-state index contributed by atoms with van der Waals surface area (Å²) in [6.07, 6.45) is 6.61. The summed E-state index contributed by atoms with van der Waals surface area (Å²) in [5, 5.41) is 9.81. The van der Waals surface area contributed by atoms with Gasteiger partial charge in [0, 0.05) is 65.8 Å². The van der Waals surface area contributed by atoms with Gasteiger partial charge in [-0.05, 0) is 47.5 Å². The number of amidine groups is 1. The van der Waals surface area contributed by atoms with Crippen LogP contribution in [0.25, 0.3) is 22.4 Å². The van der Waals surface area contributed by atoms with Gasteiger partial charge in [0.1, 0.15) is 29.8 Å². The number of benzene rings is 2. The van der Waals surface area contributed by atoms with Gasteiger partial charge in [0.05, 0.1) is 17.8 Å². The molecule has 8 nitrogen and oxygen atoms in total. The average molecular weight is 573 g/mol. The molecule has 0 saturated carbocycles. The smallest absolute Gasteiger partial charge is 0.152 e. The third kappa shape index (κ3) is 5.35. The lowest BCUT2D eigenvalue weighted by Crippen LogP contribution is -2.32. The molecule has 2 aromatic carbocycles. The van der Waals surface area contributed by atoms with Crippen LogP contribution >= 0.6 is 0 Å². The van der Waals surface area contributed by atoms with E-state index in [-0.39, 0.29) is 18.0 Å². The number of aromatic nitrogens is 3. The Hall–Kier alpha value is -5.35. The number of rotatable bonds is 7. The molecule has 0 spiro atoms. The Bertz CT molecular complexity index is 1870. The fourth-order valence-corrected chi connectivity index (χ4v) is 5.27. The molecule has 5 heterocycles.